The zero-order valence-electron chi connectivity index (χ0n) is 13.3. The average molecular weight is 353 g/mol. The first kappa shape index (κ1) is 15.3. The highest BCUT2D eigenvalue weighted by molar-refractivity contribution is 7.98. The molecule has 0 unspecified atom stereocenters. The minimum atomic E-state index is 0.657. The Morgan fingerprint density at radius 3 is 2.79 bits per heavy atom. The lowest BCUT2D eigenvalue weighted by Crippen LogP contribution is -1.97. The van der Waals surface area contributed by atoms with E-state index >= 15 is 0 Å². The molecule has 0 aliphatic carbocycles. The van der Waals surface area contributed by atoms with E-state index in [-0.39, 0.29) is 0 Å². The number of hydrogen-bond donors (Lipinski definition) is 0. The van der Waals surface area contributed by atoms with Crippen LogP contribution in [0.25, 0.3) is 16.3 Å². The van der Waals surface area contributed by atoms with E-state index in [1.807, 2.05) is 44.3 Å². The summed E-state index contributed by atoms with van der Waals surface area (Å²) in [4.78, 5) is 14.6. The quantitative estimate of drug-likeness (QED) is 0.516. The summed E-state index contributed by atoms with van der Waals surface area (Å²) in [5.41, 5.74) is 3.15. The summed E-state index contributed by atoms with van der Waals surface area (Å²) in [5.74, 6) is 1.46. The Labute approximate surface area is 147 Å². The Morgan fingerprint density at radius 1 is 1.12 bits per heavy atom. The van der Waals surface area contributed by atoms with Gasteiger partial charge in [0, 0.05) is 33.8 Å². The van der Waals surface area contributed by atoms with Crippen LogP contribution in [-0.2, 0) is 5.75 Å². The van der Waals surface area contributed by atoms with Crippen LogP contribution in [0, 0.1) is 13.8 Å². The van der Waals surface area contributed by atoms with E-state index in [1.54, 1.807) is 27.6 Å². The van der Waals surface area contributed by atoms with E-state index in [9.17, 15) is 0 Å². The van der Waals surface area contributed by atoms with Crippen molar-refractivity contribution in [2.75, 3.05) is 0 Å². The second-order valence-electron chi connectivity index (χ2n) is 5.43. The summed E-state index contributed by atoms with van der Waals surface area (Å²) in [5, 5.41) is 6.31. The summed E-state index contributed by atoms with van der Waals surface area (Å²) in [7, 11) is 0. The van der Waals surface area contributed by atoms with Gasteiger partial charge in [-0.15, -0.1) is 16.4 Å². The van der Waals surface area contributed by atoms with Gasteiger partial charge in [-0.3, -0.25) is 0 Å². The van der Waals surface area contributed by atoms with Crippen LogP contribution in [0.1, 0.15) is 16.3 Å². The van der Waals surface area contributed by atoms with Crippen molar-refractivity contribution in [2.45, 2.75) is 24.8 Å². The minimum absolute atomic E-state index is 0.657. The first-order chi connectivity index (χ1) is 11.7. The van der Waals surface area contributed by atoms with Crippen LogP contribution in [0.5, 0.6) is 0 Å². The van der Waals surface area contributed by atoms with Gasteiger partial charge in [0.05, 0.1) is 0 Å². The van der Waals surface area contributed by atoms with Gasteiger partial charge in [0.2, 0.25) is 5.16 Å². The number of fused-ring (bicyclic) bond motifs is 1. The standard InChI is InChI=1S/C17H15N5S2/c1-11-8-12(2)22-16(19-11)20-17(21-22)23-10-14-9-18-15(24-14)13-6-4-3-5-7-13/h3-9H,10H2,1-2H3. The highest BCUT2D eigenvalue weighted by Gasteiger charge is 2.10. The van der Waals surface area contributed by atoms with Crippen LogP contribution < -0.4 is 0 Å². The van der Waals surface area contributed by atoms with Crippen LogP contribution in [-0.4, -0.2) is 24.6 Å². The molecule has 0 fully saturated rings. The van der Waals surface area contributed by atoms with Crippen molar-refractivity contribution in [2.24, 2.45) is 0 Å². The number of aromatic nitrogens is 5. The van der Waals surface area contributed by atoms with Crippen molar-refractivity contribution >= 4 is 28.9 Å². The molecule has 3 heterocycles. The van der Waals surface area contributed by atoms with Crippen molar-refractivity contribution < 1.29 is 0 Å². The normalized spacial score (nSPS) is 11.2. The molecule has 4 aromatic rings. The lowest BCUT2D eigenvalue weighted by atomic mass is 10.2. The molecule has 0 aliphatic rings. The molecule has 0 spiro atoms. The molecule has 5 nitrogen and oxygen atoms in total. The zero-order valence-corrected chi connectivity index (χ0v) is 14.9. The van der Waals surface area contributed by atoms with Gasteiger partial charge >= 0.3 is 0 Å². The number of benzene rings is 1. The first-order valence-corrected chi connectivity index (χ1v) is 9.33. The summed E-state index contributed by atoms with van der Waals surface area (Å²) in [6.45, 7) is 3.98. The largest absolute Gasteiger partial charge is 0.253 e. The van der Waals surface area contributed by atoms with E-state index in [1.165, 1.54) is 4.88 Å². The van der Waals surface area contributed by atoms with Crippen molar-refractivity contribution in [1.82, 2.24) is 24.6 Å². The van der Waals surface area contributed by atoms with E-state index in [4.69, 9.17) is 0 Å². The molecule has 0 atom stereocenters. The van der Waals surface area contributed by atoms with Gasteiger partial charge in [0.1, 0.15) is 5.01 Å². The predicted octanol–water partition coefficient (Wildman–Crippen LogP) is 4.16. The molecule has 120 valence electrons. The predicted molar refractivity (Wildman–Crippen MR) is 97.4 cm³/mol. The Kier molecular flexibility index (Phi) is 4.03. The molecule has 7 heteroatoms. The highest BCUT2D eigenvalue weighted by atomic mass is 32.2. The number of thioether (sulfide) groups is 1. The van der Waals surface area contributed by atoms with Crippen LogP contribution >= 0.6 is 23.1 Å². The molecule has 0 aliphatic heterocycles. The Morgan fingerprint density at radius 2 is 1.96 bits per heavy atom. The molecule has 0 amide bonds. The second-order valence-corrected chi connectivity index (χ2v) is 7.49. The van der Waals surface area contributed by atoms with Crippen LogP contribution in [0.2, 0.25) is 0 Å². The third-order valence-corrected chi connectivity index (χ3v) is 5.63. The van der Waals surface area contributed by atoms with Crippen molar-refractivity contribution in [3.8, 4) is 10.6 Å². The zero-order chi connectivity index (χ0) is 16.5. The minimum Gasteiger partial charge on any atom is -0.244 e. The maximum absolute atomic E-state index is 4.52. The van der Waals surface area contributed by atoms with E-state index in [0.717, 1.165) is 32.9 Å². The average Bonchev–Trinajstić information content (AvgIpc) is 3.20. The van der Waals surface area contributed by atoms with Crippen molar-refractivity contribution in [3.05, 3.63) is 58.9 Å². The molecule has 4 rings (SSSR count). The van der Waals surface area contributed by atoms with Gasteiger partial charge in [0.25, 0.3) is 5.78 Å². The van der Waals surface area contributed by atoms with Crippen molar-refractivity contribution in [3.63, 3.8) is 0 Å². The van der Waals surface area contributed by atoms with Crippen LogP contribution in [0.3, 0.4) is 0 Å². The fourth-order valence-electron chi connectivity index (χ4n) is 2.43. The molecule has 0 saturated heterocycles. The van der Waals surface area contributed by atoms with Crippen LogP contribution in [0.4, 0.5) is 0 Å². The Bertz CT molecular complexity index is 991. The summed E-state index contributed by atoms with van der Waals surface area (Å²) >= 11 is 3.32. The van der Waals surface area contributed by atoms with Crippen LogP contribution in [0.15, 0.2) is 47.8 Å². The monoisotopic (exact) mass is 353 g/mol. The Balaban J connectivity index is 1.51. The smallest absolute Gasteiger partial charge is 0.244 e. The SMILES string of the molecule is Cc1cc(C)n2nc(SCc3cnc(-c4ccccc4)s3)nc2n1. The Hall–Kier alpha value is -2.25. The molecular formula is C17H15N5S2. The fourth-order valence-corrected chi connectivity index (χ4v) is 4.19. The summed E-state index contributed by atoms with van der Waals surface area (Å²) in [6, 6.07) is 12.2. The van der Waals surface area contributed by atoms with E-state index in [2.05, 4.69) is 32.2 Å². The summed E-state index contributed by atoms with van der Waals surface area (Å²) < 4.78 is 1.79. The third kappa shape index (κ3) is 3.05. The molecule has 0 N–H and O–H groups in total. The molecule has 0 radical (unpaired) electrons. The van der Waals surface area contributed by atoms with E-state index < -0.39 is 0 Å². The first-order valence-electron chi connectivity index (χ1n) is 7.53. The topological polar surface area (TPSA) is 56.0 Å². The maximum atomic E-state index is 4.52. The lowest BCUT2D eigenvalue weighted by molar-refractivity contribution is 0.843. The highest BCUT2D eigenvalue weighted by Crippen LogP contribution is 2.29. The number of aryl methyl sites for hydroxylation is 2. The number of nitrogens with zero attached hydrogens (tertiary/aromatic N) is 5. The van der Waals surface area contributed by atoms with Gasteiger partial charge in [-0.05, 0) is 19.9 Å². The second kappa shape index (κ2) is 6.33. The number of hydrogen-bond acceptors (Lipinski definition) is 6. The molecule has 24 heavy (non-hydrogen) atoms. The van der Waals surface area contributed by atoms with Gasteiger partial charge < -0.3 is 0 Å². The molecule has 0 bridgehead atoms. The molecule has 1 aromatic carbocycles. The fraction of sp³-hybridized carbons (Fsp3) is 0.176. The number of thiazole rings is 1. The van der Waals surface area contributed by atoms with Gasteiger partial charge in [0.15, 0.2) is 0 Å². The molecular weight excluding hydrogens is 338 g/mol. The molecule has 0 saturated carbocycles. The number of rotatable bonds is 4. The van der Waals surface area contributed by atoms with Crippen molar-refractivity contribution in [1.29, 1.82) is 0 Å². The molecule has 3 aromatic heterocycles. The van der Waals surface area contributed by atoms with Gasteiger partial charge in [-0.1, -0.05) is 42.1 Å². The maximum Gasteiger partial charge on any atom is 0.253 e. The van der Waals surface area contributed by atoms with Gasteiger partial charge in [-0.25, -0.2) is 14.5 Å². The summed E-state index contributed by atoms with van der Waals surface area (Å²) in [6.07, 6.45) is 1.93. The van der Waals surface area contributed by atoms with E-state index in [0.29, 0.717) is 5.78 Å². The van der Waals surface area contributed by atoms with Gasteiger partial charge in [-0.2, -0.15) is 4.98 Å². The lowest BCUT2D eigenvalue weighted by Gasteiger charge is -1.97. The third-order valence-electron chi connectivity index (χ3n) is 3.52.